The predicted octanol–water partition coefficient (Wildman–Crippen LogP) is 4.74. The third-order valence-corrected chi connectivity index (χ3v) is 6.72. The van der Waals surface area contributed by atoms with Gasteiger partial charge in [-0.05, 0) is 51.3 Å². The van der Waals surface area contributed by atoms with E-state index in [4.69, 9.17) is 5.10 Å². The summed E-state index contributed by atoms with van der Waals surface area (Å²) in [6, 6.07) is 16.7. The fraction of sp³-hybridized carbons (Fsp3) is 0.385. The number of hydrazine groups is 1. The van der Waals surface area contributed by atoms with E-state index in [1.54, 1.807) is 0 Å². The summed E-state index contributed by atoms with van der Waals surface area (Å²) in [6.07, 6.45) is 2.42. The quantitative estimate of drug-likeness (QED) is 0.447. The lowest BCUT2D eigenvalue weighted by molar-refractivity contribution is 0.309. The van der Waals surface area contributed by atoms with Crippen molar-refractivity contribution in [2.24, 2.45) is 0 Å². The number of fused-ring (bicyclic) bond motifs is 1. The van der Waals surface area contributed by atoms with Crippen LogP contribution >= 0.6 is 0 Å². The van der Waals surface area contributed by atoms with Crippen LogP contribution in [0, 0.1) is 0 Å². The Labute approximate surface area is 194 Å². The first-order valence-electron chi connectivity index (χ1n) is 12.1. The number of H-pyrrole nitrogens is 1. The van der Waals surface area contributed by atoms with Gasteiger partial charge in [-0.2, -0.15) is 5.10 Å². The van der Waals surface area contributed by atoms with Crippen molar-refractivity contribution in [3.8, 4) is 22.4 Å². The van der Waals surface area contributed by atoms with Crippen molar-refractivity contribution in [1.82, 2.24) is 24.3 Å². The number of nitrogens with one attached hydrogen (secondary N) is 1. The number of aromatic amines is 1. The third kappa shape index (κ3) is 3.56. The Morgan fingerprint density at radius 3 is 2.27 bits per heavy atom. The molecule has 0 spiro atoms. The average Bonchev–Trinajstić information content (AvgIpc) is 3.58. The van der Waals surface area contributed by atoms with Crippen molar-refractivity contribution >= 4 is 16.9 Å². The zero-order valence-corrected chi connectivity index (χ0v) is 19.7. The number of hydrogen-bond donors (Lipinski definition) is 1. The predicted molar refractivity (Wildman–Crippen MR) is 134 cm³/mol. The molecule has 2 aromatic carbocycles. The molecule has 3 heterocycles. The Kier molecular flexibility index (Phi) is 5.81. The highest BCUT2D eigenvalue weighted by atomic mass is 16.1. The van der Waals surface area contributed by atoms with Crippen molar-refractivity contribution in [3.05, 3.63) is 59.0 Å². The zero-order chi connectivity index (χ0) is 22.9. The molecule has 0 unspecified atom stereocenters. The third-order valence-electron chi connectivity index (χ3n) is 6.72. The second kappa shape index (κ2) is 8.90. The summed E-state index contributed by atoms with van der Waals surface area (Å²) in [5.74, 6) is 0.943. The number of rotatable bonds is 7. The molecule has 33 heavy (non-hydrogen) atoms. The van der Waals surface area contributed by atoms with Crippen LogP contribution in [0.4, 0.5) is 5.82 Å². The Balaban J connectivity index is 1.74. The summed E-state index contributed by atoms with van der Waals surface area (Å²) in [4.78, 5) is 12.9. The van der Waals surface area contributed by atoms with E-state index in [0.29, 0.717) is 13.1 Å². The first-order valence-corrected chi connectivity index (χ1v) is 12.1. The second-order valence-corrected chi connectivity index (χ2v) is 8.51. The van der Waals surface area contributed by atoms with E-state index in [0.717, 1.165) is 58.9 Å². The summed E-state index contributed by atoms with van der Waals surface area (Å²) >= 11 is 0. The summed E-state index contributed by atoms with van der Waals surface area (Å²) in [5.41, 5.74) is 6.25. The number of benzene rings is 2. The number of aryl methyl sites for hydroxylation is 2. The van der Waals surface area contributed by atoms with Crippen molar-refractivity contribution < 1.29 is 0 Å². The maximum Gasteiger partial charge on any atom is 0.329 e. The van der Waals surface area contributed by atoms with Crippen LogP contribution in [0.15, 0.2) is 53.3 Å². The smallest absolute Gasteiger partial charge is 0.292 e. The number of anilines is 1. The molecule has 7 nitrogen and oxygen atoms in total. The van der Waals surface area contributed by atoms with Crippen LogP contribution in [-0.4, -0.2) is 44.0 Å². The Morgan fingerprint density at radius 2 is 1.61 bits per heavy atom. The highest BCUT2D eigenvalue weighted by Gasteiger charge is 2.27. The molecule has 5 rings (SSSR count). The van der Waals surface area contributed by atoms with Crippen molar-refractivity contribution in [3.63, 3.8) is 0 Å². The van der Waals surface area contributed by atoms with Gasteiger partial charge in [-0.1, -0.05) is 36.4 Å². The summed E-state index contributed by atoms with van der Waals surface area (Å²) < 4.78 is 3.71. The van der Waals surface area contributed by atoms with Gasteiger partial charge in [-0.3, -0.25) is 19.2 Å². The molecule has 2 aromatic heterocycles. The van der Waals surface area contributed by atoms with Gasteiger partial charge in [-0.15, -0.1) is 0 Å². The molecule has 0 saturated carbocycles. The Morgan fingerprint density at radius 1 is 0.909 bits per heavy atom. The molecule has 0 amide bonds. The average molecular weight is 445 g/mol. The maximum absolute atomic E-state index is 12.9. The molecule has 0 aliphatic carbocycles. The van der Waals surface area contributed by atoms with Crippen LogP contribution in [-0.2, 0) is 13.1 Å². The summed E-state index contributed by atoms with van der Waals surface area (Å²) in [5, 5.41) is 12.9. The second-order valence-electron chi connectivity index (χ2n) is 8.51. The van der Waals surface area contributed by atoms with Gasteiger partial charge in [0.2, 0.25) is 0 Å². The van der Waals surface area contributed by atoms with Crippen LogP contribution in [0.3, 0.4) is 0 Å². The standard InChI is InChI=1S/C26H32N6O/c1-4-30-21-15-14-20(18-22(21)31(5-2)26(30)33)23-24(19-12-8-7-9-13-19)27-28-25(23)32(6-3)29-16-10-11-17-29/h7-9,12-15,18H,4-6,10-11,16-17H2,1-3H3,(H,27,28). The van der Waals surface area contributed by atoms with E-state index in [9.17, 15) is 4.79 Å². The minimum atomic E-state index is 0.0510. The normalized spacial score (nSPS) is 14.4. The molecule has 1 aliphatic rings. The minimum Gasteiger partial charge on any atom is -0.292 e. The van der Waals surface area contributed by atoms with Crippen LogP contribution in [0.2, 0.25) is 0 Å². The Hall–Kier alpha value is -3.32. The van der Waals surface area contributed by atoms with Gasteiger partial charge in [0.15, 0.2) is 5.82 Å². The van der Waals surface area contributed by atoms with Gasteiger partial charge >= 0.3 is 5.69 Å². The van der Waals surface area contributed by atoms with E-state index >= 15 is 0 Å². The highest BCUT2D eigenvalue weighted by Crippen LogP contribution is 2.39. The first-order chi connectivity index (χ1) is 16.2. The fourth-order valence-electron chi connectivity index (χ4n) is 5.12. The van der Waals surface area contributed by atoms with Gasteiger partial charge in [0.05, 0.1) is 22.3 Å². The van der Waals surface area contributed by atoms with Gasteiger partial charge in [0.25, 0.3) is 0 Å². The summed E-state index contributed by atoms with van der Waals surface area (Å²) in [7, 11) is 0. The van der Waals surface area contributed by atoms with E-state index < -0.39 is 0 Å². The van der Waals surface area contributed by atoms with Gasteiger partial charge in [0.1, 0.15) is 0 Å². The van der Waals surface area contributed by atoms with Gasteiger partial charge in [-0.25, -0.2) is 9.80 Å². The molecular weight excluding hydrogens is 412 g/mol. The van der Waals surface area contributed by atoms with E-state index in [1.807, 2.05) is 29.0 Å². The fourth-order valence-corrected chi connectivity index (χ4v) is 5.12. The van der Waals surface area contributed by atoms with E-state index in [2.05, 4.69) is 64.5 Å². The molecule has 0 atom stereocenters. The van der Waals surface area contributed by atoms with Gasteiger partial charge < -0.3 is 0 Å². The van der Waals surface area contributed by atoms with Crippen molar-refractivity contribution in [2.75, 3.05) is 24.6 Å². The summed E-state index contributed by atoms with van der Waals surface area (Å²) in [6.45, 7) is 10.5. The molecule has 172 valence electrons. The largest absolute Gasteiger partial charge is 0.329 e. The molecular formula is C26H32N6O. The topological polar surface area (TPSA) is 62.1 Å². The van der Waals surface area contributed by atoms with E-state index in [-0.39, 0.29) is 5.69 Å². The number of nitrogens with zero attached hydrogens (tertiary/aromatic N) is 5. The molecule has 0 radical (unpaired) electrons. The highest BCUT2D eigenvalue weighted by molar-refractivity contribution is 5.92. The lowest BCUT2D eigenvalue weighted by atomic mass is 10.00. The molecule has 1 saturated heterocycles. The van der Waals surface area contributed by atoms with Gasteiger partial charge in [0, 0.05) is 38.3 Å². The van der Waals surface area contributed by atoms with Crippen LogP contribution in [0.25, 0.3) is 33.4 Å². The van der Waals surface area contributed by atoms with Crippen molar-refractivity contribution in [1.29, 1.82) is 0 Å². The lowest BCUT2D eigenvalue weighted by Gasteiger charge is -2.31. The SMILES string of the molecule is CCN(c1n[nH]c(-c2ccccc2)c1-c1ccc2c(c1)n(CC)c(=O)n2CC)N1CCCC1. The van der Waals surface area contributed by atoms with Crippen LogP contribution in [0.1, 0.15) is 33.6 Å². The maximum atomic E-state index is 12.9. The van der Waals surface area contributed by atoms with Crippen LogP contribution in [0.5, 0.6) is 0 Å². The molecule has 4 aromatic rings. The van der Waals surface area contributed by atoms with Crippen LogP contribution < -0.4 is 10.7 Å². The first kappa shape index (κ1) is 21.5. The minimum absolute atomic E-state index is 0.0510. The lowest BCUT2D eigenvalue weighted by Crippen LogP contribution is -2.41. The Bertz CT molecular complexity index is 1310. The zero-order valence-electron chi connectivity index (χ0n) is 19.7. The molecule has 7 heteroatoms. The number of hydrogen-bond acceptors (Lipinski definition) is 4. The molecule has 1 aliphatic heterocycles. The number of aromatic nitrogens is 4. The molecule has 0 bridgehead atoms. The number of imidazole rings is 1. The molecule has 1 N–H and O–H groups in total. The molecule has 1 fully saturated rings. The monoisotopic (exact) mass is 444 g/mol. The van der Waals surface area contributed by atoms with E-state index in [1.165, 1.54) is 12.8 Å². The van der Waals surface area contributed by atoms with Crippen molar-refractivity contribution in [2.45, 2.75) is 46.7 Å².